The molecular formula is C24H26AsO4. The van der Waals surface area contributed by atoms with E-state index in [0.29, 0.717) is 10.8 Å². The van der Waals surface area contributed by atoms with Gasteiger partial charge in [-0.2, -0.15) is 0 Å². The summed E-state index contributed by atoms with van der Waals surface area (Å²) in [7, 11) is 0. The maximum absolute atomic E-state index is 12.8. The van der Waals surface area contributed by atoms with Crippen LogP contribution in [-0.4, -0.2) is 37.5 Å². The molecule has 1 radical (unpaired) electrons. The Bertz CT molecular complexity index is 886. The van der Waals surface area contributed by atoms with Crippen molar-refractivity contribution in [3.63, 3.8) is 0 Å². The molecule has 0 atom stereocenters. The zero-order valence-corrected chi connectivity index (χ0v) is 18.3. The molecule has 2 aromatic carbocycles. The first kappa shape index (κ1) is 19.1. The first-order valence-corrected chi connectivity index (χ1v) is 12.8. The van der Waals surface area contributed by atoms with Gasteiger partial charge < -0.3 is 0 Å². The predicted molar refractivity (Wildman–Crippen MR) is 112 cm³/mol. The van der Waals surface area contributed by atoms with Crippen molar-refractivity contribution in [3.8, 4) is 11.5 Å². The van der Waals surface area contributed by atoms with Crippen LogP contribution in [0.3, 0.4) is 0 Å². The first-order valence-electron chi connectivity index (χ1n) is 10.5. The molecule has 4 bridgehead atoms. The summed E-state index contributed by atoms with van der Waals surface area (Å²) >= 11 is -0.205. The number of aromatic hydroxyl groups is 2. The van der Waals surface area contributed by atoms with E-state index < -0.39 is 0 Å². The second-order valence-corrected chi connectivity index (χ2v) is 11.6. The summed E-state index contributed by atoms with van der Waals surface area (Å²) in [5.41, 5.74) is 1.18. The molecule has 2 aromatic rings. The number of esters is 1. The quantitative estimate of drug-likeness (QED) is 0.411. The summed E-state index contributed by atoms with van der Waals surface area (Å²) in [6.45, 7) is 0. The molecular weight excluding hydrogens is 427 g/mol. The number of carbonyl (C=O) groups is 1. The molecule has 0 spiro atoms. The van der Waals surface area contributed by atoms with Crippen LogP contribution in [0.15, 0.2) is 42.5 Å². The van der Waals surface area contributed by atoms with Crippen LogP contribution in [0.1, 0.15) is 54.4 Å². The van der Waals surface area contributed by atoms with Gasteiger partial charge in [-0.15, -0.1) is 0 Å². The van der Waals surface area contributed by atoms with Gasteiger partial charge >= 0.3 is 178 Å². The molecule has 0 aromatic heterocycles. The zero-order valence-electron chi connectivity index (χ0n) is 16.4. The Balaban J connectivity index is 1.22. The Labute approximate surface area is 178 Å². The monoisotopic (exact) mass is 453 g/mol. The first-order chi connectivity index (χ1) is 14.0. The fraction of sp³-hybridized carbons (Fsp3) is 0.458. The van der Waals surface area contributed by atoms with E-state index in [-0.39, 0.29) is 38.8 Å². The third kappa shape index (κ3) is 3.92. The van der Waals surface area contributed by atoms with Gasteiger partial charge in [0.2, 0.25) is 0 Å². The van der Waals surface area contributed by atoms with Crippen molar-refractivity contribution in [2.45, 2.75) is 49.3 Å². The fourth-order valence-corrected chi connectivity index (χ4v) is 8.02. The fourth-order valence-electron chi connectivity index (χ4n) is 5.99. The van der Waals surface area contributed by atoms with Crippen molar-refractivity contribution in [2.24, 2.45) is 17.8 Å². The van der Waals surface area contributed by atoms with E-state index in [1.165, 1.54) is 35.7 Å². The predicted octanol–water partition coefficient (Wildman–Crippen LogP) is 3.75. The standard InChI is InChI=1S/C24H26AsO4/c26-21-5-6-22(27)19(10-21)14-25-20-3-1-18(2-4-20)23(28)29-24-11-15-7-16(12-24)9-17(8-15)13-24/h1-6,10,15-17,26-27H,7-9,11-14H2. The van der Waals surface area contributed by atoms with Crippen LogP contribution >= 0.6 is 0 Å². The molecule has 4 saturated carbocycles. The summed E-state index contributed by atoms with van der Waals surface area (Å²) in [5.74, 6) is 2.48. The molecule has 29 heavy (non-hydrogen) atoms. The van der Waals surface area contributed by atoms with E-state index >= 15 is 0 Å². The van der Waals surface area contributed by atoms with Gasteiger partial charge in [-0.05, 0) is 0 Å². The van der Waals surface area contributed by atoms with E-state index in [1.807, 2.05) is 24.3 Å². The molecule has 0 aliphatic heterocycles. The topological polar surface area (TPSA) is 66.8 Å². The Hall–Kier alpha value is -1.93. The number of phenols is 2. The summed E-state index contributed by atoms with van der Waals surface area (Å²) in [4.78, 5) is 12.8. The molecule has 0 unspecified atom stereocenters. The molecule has 5 heteroatoms. The van der Waals surface area contributed by atoms with Crippen LogP contribution in [0.2, 0.25) is 0 Å². The Morgan fingerprint density at radius 1 is 0.966 bits per heavy atom. The zero-order chi connectivity index (χ0) is 20.0. The second-order valence-electron chi connectivity index (χ2n) is 9.17. The summed E-state index contributed by atoms with van der Waals surface area (Å²) < 4.78 is 7.32. The van der Waals surface area contributed by atoms with E-state index in [0.717, 1.165) is 42.6 Å². The number of ether oxygens (including phenoxy) is 1. The SMILES string of the molecule is O=C(OC12CC3CC(CC(C3)C1)C2)c1ccc([As]Cc2cc(O)ccc2O)cc1. The molecule has 6 rings (SSSR count). The van der Waals surface area contributed by atoms with Crippen molar-refractivity contribution in [1.82, 2.24) is 0 Å². The maximum atomic E-state index is 12.8. The molecule has 0 heterocycles. The summed E-state index contributed by atoms with van der Waals surface area (Å²) in [5, 5.41) is 20.2. The molecule has 4 aliphatic carbocycles. The molecule has 0 amide bonds. The van der Waals surface area contributed by atoms with Gasteiger partial charge in [-0.3, -0.25) is 0 Å². The molecule has 4 nitrogen and oxygen atoms in total. The number of carbonyl (C=O) groups excluding carboxylic acids is 1. The van der Waals surface area contributed by atoms with Crippen LogP contribution in [-0.2, 0) is 9.95 Å². The molecule has 4 fully saturated rings. The van der Waals surface area contributed by atoms with Gasteiger partial charge in [-0.25, -0.2) is 0 Å². The van der Waals surface area contributed by atoms with Crippen molar-refractivity contribution < 1.29 is 19.7 Å². The van der Waals surface area contributed by atoms with Crippen molar-refractivity contribution in [1.29, 1.82) is 0 Å². The third-order valence-corrected chi connectivity index (χ3v) is 9.33. The van der Waals surface area contributed by atoms with Crippen LogP contribution in [0.25, 0.3) is 0 Å². The number of rotatable bonds is 5. The van der Waals surface area contributed by atoms with Gasteiger partial charge in [0, 0.05) is 0 Å². The van der Waals surface area contributed by atoms with Crippen LogP contribution < -0.4 is 4.35 Å². The molecule has 4 aliphatic rings. The minimum absolute atomic E-state index is 0.168. The van der Waals surface area contributed by atoms with Gasteiger partial charge in [0.25, 0.3) is 0 Å². The van der Waals surface area contributed by atoms with Gasteiger partial charge in [0.1, 0.15) is 0 Å². The summed E-state index contributed by atoms with van der Waals surface area (Å²) in [6, 6.07) is 12.4. The summed E-state index contributed by atoms with van der Waals surface area (Å²) in [6.07, 6.45) is 7.18. The van der Waals surface area contributed by atoms with E-state index in [4.69, 9.17) is 4.74 Å². The van der Waals surface area contributed by atoms with Crippen molar-refractivity contribution in [2.75, 3.05) is 0 Å². The van der Waals surface area contributed by atoms with Gasteiger partial charge in [-0.1, -0.05) is 0 Å². The molecule has 0 saturated heterocycles. The molecule has 151 valence electrons. The van der Waals surface area contributed by atoms with Crippen LogP contribution in [0.5, 0.6) is 11.5 Å². The average molecular weight is 453 g/mol. The Morgan fingerprint density at radius 2 is 1.59 bits per heavy atom. The van der Waals surface area contributed by atoms with Crippen molar-refractivity contribution >= 4 is 26.1 Å². The van der Waals surface area contributed by atoms with E-state index in [9.17, 15) is 15.0 Å². The van der Waals surface area contributed by atoms with Gasteiger partial charge in [0.15, 0.2) is 0 Å². The van der Waals surface area contributed by atoms with E-state index in [1.54, 1.807) is 6.07 Å². The second kappa shape index (κ2) is 7.39. The minimum atomic E-state index is -0.205. The average Bonchev–Trinajstić information content (AvgIpc) is 2.67. The molecule has 2 N–H and O–H groups in total. The number of benzene rings is 2. The Morgan fingerprint density at radius 3 is 2.21 bits per heavy atom. The number of phenolic OH excluding ortho intramolecular Hbond substituents is 2. The van der Waals surface area contributed by atoms with Gasteiger partial charge in [0.05, 0.1) is 0 Å². The Kier molecular flexibility index (Phi) is 4.86. The third-order valence-electron chi connectivity index (χ3n) is 6.89. The van der Waals surface area contributed by atoms with E-state index in [2.05, 4.69) is 0 Å². The van der Waals surface area contributed by atoms with Crippen molar-refractivity contribution in [3.05, 3.63) is 53.6 Å². The number of hydrogen-bond donors (Lipinski definition) is 2. The van der Waals surface area contributed by atoms with Crippen LogP contribution in [0, 0.1) is 17.8 Å². The number of hydrogen-bond acceptors (Lipinski definition) is 4. The van der Waals surface area contributed by atoms with Crippen LogP contribution in [0.4, 0.5) is 0 Å². The normalized spacial score (nSPS) is 30.1.